The first-order chi connectivity index (χ1) is 17.4. The summed E-state index contributed by atoms with van der Waals surface area (Å²) in [6.45, 7) is 3.92. The number of halogens is 1. The van der Waals surface area contributed by atoms with E-state index in [0.717, 1.165) is 37.7 Å². The summed E-state index contributed by atoms with van der Waals surface area (Å²) in [5.74, 6) is -3.16. The van der Waals surface area contributed by atoms with Crippen LogP contribution in [0.15, 0.2) is 43.0 Å². The standard InChI is InChI=1S/C27H33BrN2O5S/c1-2-13-29(17-11-7-4-8-12-17)25(33)23-27-14-18(28)22(36-27)20(26(34)35)21(27)24(32)30(23)19(15-31)16-9-5-3-6-10-16/h2-3,5-6,9-10,17-23,31H,1,4,7-8,11-15H2,(H,34,35)/t18?,19-,20-,21+,22-,23?,27?/m1/s1. The molecule has 194 valence electrons. The highest BCUT2D eigenvalue weighted by Gasteiger charge is 2.76. The Labute approximate surface area is 224 Å². The number of likely N-dealkylation sites (tertiary alicyclic amines) is 1. The minimum Gasteiger partial charge on any atom is -0.481 e. The van der Waals surface area contributed by atoms with Crippen molar-refractivity contribution in [2.24, 2.45) is 11.8 Å². The van der Waals surface area contributed by atoms with E-state index in [4.69, 9.17) is 0 Å². The van der Waals surface area contributed by atoms with Crippen LogP contribution in [-0.2, 0) is 14.4 Å². The summed E-state index contributed by atoms with van der Waals surface area (Å²) in [6.07, 6.45) is 7.34. The number of carbonyl (C=O) groups excluding carboxylic acids is 2. The van der Waals surface area contributed by atoms with Gasteiger partial charge in [-0.1, -0.05) is 71.6 Å². The lowest BCUT2D eigenvalue weighted by molar-refractivity contribution is -0.150. The van der Waals surface area contributed by atoms with Gasteiger partial charge in [-0.05, 0) is 24.8 Å². The van der Waals surface area contributed by atoms with E-state index in [1.165, 1.54) is 11.8 Å². The summed E-state index contributed by atoms with van der Waals surface area (Å²) in [5.41, 5.74) is 0.734. The van der Waals surface area contributed by atoms with Crippen molar-refractivity contribution in [2.75, 3.05) is 13.2 Å². The molecule has 5 rings (SSSR count). The molecule has 3 saturated heterocycles. The molecular weight excluding hydrogens is 544 g/mol. The number of carboxylic acids is 1. The Bertz CT molecular complexity index is 1030. The third kappa shape index (κ3) is 3.93. The quantitative estimate of drug-likeness (QED) is 0.362. The van der Waals surface area contributed by atoms with Crippen molar-refractivity contribution in [1.29, 1.82) is 0 Å². The zero-order valence-electron chi connectivity index (χ0n) is 20.2. The number of benzene rings is 1. The van der Waals surface area contributed by atoms with Gasteiger partial charge in [0, 0.05) is 22.7 Å². The first kappa shape index (κ1) is 25.8. The van der Waals surface area contributed by atoms with E-state index < -0.39 is 34.6 Å². The van der Waals surface area contributed by atoms with Gasteiger partial charge < -0.3 is 20.0 Å². The topological polar surface area (TPSA) is 98.2 Å². The fourth-order valence-corrected chi connectivity index (χ4v) is 10.7. The number of amides is 2. The predicted octanol–water partition coefficient (Wildman–Crippen LogP) is 3.62. The molecule has 4 fully saturated rings. The van der Waals surface area contributed by atoms with E-state index >= 15 is 0 Å². The van der Waals surface area contributed by atoms with Crippen molar-refractivity contribution in [3.63, 3.8) is 0 Å². The lowest BCUT2D eigenvalue weighted by Gasteiger charge is -2.42. The van der Waals surface area contributed by atoms with Crippen LogP contribution in [-0.4, -0.2) is 77.9 Å². The Hall–Kier alpha value is -1.84. The van der Waals surface area contributed by atoms with Gasteiger partial charge >= 0.3 is 5.97 Å². The van der Waals surface area contributed by atoms with Crippen molar-refractivity contribution in [3.05, 3.63) is 48.6 Å². The van der Waals surface area contributed by atoms with Crippen LogP contribution in [0.25, 0.3) is 0 Å². The molecule has 1 aliphatic carbocycles. The van der Waals surface area contributed by atoms with E-state index in [0.29, 0.717) is 13.0 Å². The SMILES string of the molecule is C=CCN(C(=O)C1N([C@H](CO)c2ccccc2)C(=O)[C@@H]2[C@@H](C(=O)O)[C@@H]3SC12CC3Br)C1CCCCC1. The Morgan fingerprint density at radius 2 is 1.94 bits per heavy atom. The number of thioether (sulfide) groups is 1. The number of carbonyl (C=O) groups is 3. The number of rotatable bonds is 8. The van der Waals surface area contributed by atoms with Gasteiger partial charge in [0.05, 0.1) is 29.2 Å². The number of fused-ring (bicyclic) bond motifs is 1. The molecule has 9 heteroatoms. The number of aliphatic carboxylic acids is 1. The average molecular weight is 578 g/mol. The van der Waals surface area contributed by atoms with E-state index in [1.807, 2.05) is 35.2 Å². The van der Waals surface area contributed by atoms with Crippen LogP contribution in [0.1, 0.15) is 50.1 Å². The number of hydrogen-bond donors (Lipinski definition) is 2. The first-order valence-corrected chi connectivity index (χ1v) is 14.6. The summed E-state index contributed by atoms with van der Waals surface area (Å²) in [4.78, 5) is 44.5. The van der Waals surface area contributed by atoms with E-state index in [-0.39, 0.29) is 34.5 Å². The molecule has 1 aromatic carbocycles. The van der Waals surface area contributed by atoms with Crippen LogP contribution < -0.4 is 0 Å². The minimum absolute atomic E-state index is 0.0691. The maximum absolute atomic E-state index is 14.6. The smallest absolute Gasteiger partial charge is 0.308 e. The molecule has 2 N–H and O–H groups in total. The fraction of sp³-hybridized carbons (Fsp3) is 0.593. The highest BCUT2D eigenvalue weighted by atomic mass is 79.9. The predicted molar refractivity (Wildman–Crippen MR) is 142 cm³/mol. The van der Waals surface area contributed by atoms with Crippen LogP contribution in [0.3, 0.4) is 0 Å². The number of aliphatic hydroxyl groups excluding tert-OH is 1. The van der Waals surface area contributed by atoms with E-state index in [1.54, 1.807) is 11.0 Å². The van der Waals surface area contributed by atoms with Crippen molar-refractivity contribution < 1.29 is 24.6 Å². The number of nitrogens with zero attached hydrogens (tertiary/aromatic N) is 2. The molecule has 1 spiro atoms. The fourth-order valence-electron chi connectivity index (χ4n) is 7.10. The molecule has 2 amide bonds. The second kappa shape index (κ2) is 10.1. The van der Waals surface area contributed by atoms with Crippen LogP contribution >= 0.6 is 27.7 Å². The summed E-state index contributed by atoms with van der Waals surface area (Å²) in [7, 11) is 0. The molecule has 1 saturated carbocycles. The van der Waals surface area contributed by atoms with Gasteiger partial charge in [-0.3, -0.25) is 14.4 Å². The molecule has 36 heavy (non-hydrogen) atoms. The molecule has 7 nitrogen and oxygen atoms in total. The summed E-state index contributed by atoms with van der Waals surface area (Å²) in [6, 6.07) is 7.72. The normalized spacial score (nSPS) is 34.4. The first-order valence-electron chi connectivity index (χ1n) is 12.8. The van der Waals surface area contributed by atoms with Gasteiger partial charge in [-0.25, -0.2) is 0 Å². The van der Waals surface area contributed by atoms with Gasteiger partial charge in [0.25, 0.3) is 0 Å². The summed E-state index contributed by atoms with van der Waals surface area (Å²) >= 11 is 5.19. The number of carboxylic acid groups (broad SMARTS) is 1. The van der Waals surface area contributed by atoms with Gasteiger partial charge in [-0.2, -0.15) is 0 Å². The molecule has 4 aliphatic rings. The maximum atomic E-state index is 14.6. The molecule has 7 atom stereocenters. The third-order valence-corrected chi connectivity index (χ3v) is 11.8. The molecule has 0 radical (unpaired) electrons. The molecule has 3 unspecified atom stereocenters. The lowest BCUT2D eigenvalue weighted by Crippen LogP contribution is -2.58. The Morgan fingerprint density at radius 1 is 1.25 bits per heavy atom. The van der Waals surface area contributed by atoms with E-state index in [2.05, 4.69) is 22.5 Å². The number of alkyl halides is 1. The van der Waals surface area contributed by atoms with Gasteiger partial charge in [-0.15, -0.1) is 18.3 Å². The zero-order chi connectivity index (χ0) is 25.6. The molecule has 2 bridgehead atoms. The van der Waals surface area contributed by atoms with Crippen LogP contribution in [0.5, 0.6) is 0 Å². The molecule has 0 aromatic heterocycles. The highest BCUT2D eigenvalue weighted by molar-refractivity contribution is 9.09. The van der Waals surface area contributed by atoms with Crippen molar-refractivity contribution >= 4 is 45.5 Å². The lowest BCUT2D eigenvalue weighted by atomic mass is 9.71. The Morgan fingerprint density at radius 3 is 2.56 bits per heavy atom. The second-order valence-electron chi connectivity index (χ2n) is 10.4. The van der Waals surface area contributed by atoms with Crippen molar-refractivity contribution in [3.8, 4) is 0 Å². The highest BCUT2D eigenvalue weighted by Crippen LogP contribution is 2.68. The summed E-state index contributed by atoms with van der Waals surface area (Å²) < 4.78 is -0.855. The molecular formula is C27H33BrN2O5S. The minimum atomic E-state index is -1.000. The largest absolute Gasteiger partial charge is 0.481 e. The monoisotopic (exact) mass is 576 g/mol. The number of hydrogen-bond acceptors (Lipinski definition) is 5. The van der Waals surface area contributed by atoms with Crippen molar-refractivity contribution in [2.45, 2.75) is 71.5 Å². The van der Waals surface area contributed by atoms with Crippen LogP contribution in [0.2, 0.25) is 0 Å². The van der Waals surface area contributed by atoms with E-state index in [9.17, 15) is 24.6 Å². The second-order valence-corrected chi connectivity index (χ2v) is 13.1. The molecule has 3 heterocycles. The Balaban J connectivity index is 1.63. The van der Waals surface area contributed by atoms with Gasteiger partial charge in [0.15, 0.2) is 0 Å². The van der Waals surface area contributed by atoms with Crippen LogP contribution in [0, 0.1) is 11.8 Å². The molecule has 1 aromatic rings. The van der Waals surface area contributed by atoms with Crippen molar-refractivity contribution in [1.82, 2.24) is 9.80 Å². The Kier molecular flexibility index (Phi) is 7.26. The maximum Gasteiger partial charge on any atom is 0.308 e. The molecule has 3 aliphatic heterocycles. The number of aliphatic hydroxyl groups is 1. The average Bonchev–Trinajstić information content (AvgIpc) is 3.48. The third-order valence-electron chi connectivity index (χ3n) is 8.56. The van der Waals surface area contributed by atoms with Gasteiger partial charge in [0.1, 0.15) is 6.04 Å². The zero-order valence-corrected chi connectivity index (χ0v) is 22.6. The van der Waals surface area contributed by atoms with Crippen LogP contribution in [0.4, 0.5) is 0 Å². The van der Waals surface area contributed by atoms with Gasteiger partial charge in [0.2, 0.25) is 11.8 Å². The summed E-state index contributed by atoms with van der Waals surface area (Å²) in [5, 5.41) is 20.4.